The number of phosphoric ester groups is 1. The molecule has 0 heterocycles. The van der Waals surface area contributed by atoms with Gasteiger partial charge in [0, 0.05) is 12.8 Å². The quantitative estimate of drug-likeness (QED) is 0.0209. The second kappa shape index (κ2) is 35.5. The van der Waals surface area contributed by atoms with Crippen molar-refractivity contribution in [3.05, 3.63) is 48.6 Å². The van der Waals surface area contributed by atoms with Crippen molar-refractivity contribution in [2.45, 2.75) is 180 Å². The standard InChI is InChI=1S/C44H80NO8P/c1-6-8-10-12-14-16-18-20-21-22-23-25-26-28-30-32-34-36-41(47)44(42(40-46)53-54(49,50)51-39-38-45(3,4)5)52-43(48)37-35-33-31-29-27-24-19-17-15-13-11-9-7-2/h14,16,20-21,23,25,28,30,42,44,46H,6-13,15,17-19,22,24,26-27,29,31-40H2,1-5H3/p+1/t42-,44?/m0/s1/i37+2. The molecule has 0 aliphatic rings. The van der Waals surface area contributed by atoms with E-state index < -0.39 is 38.4 Å². The van der Waals surface area contributed by atoms with Gasteiger partial charge in [-0.2, -0.15) is 0 Å². The van der Waals surface area contributed by atoms with Crippen molar-refractivity contribution in [2.24, 2.45) is 0 Å². The zero-order valence-corrected chi connectivity index (χ0v) is 36.0. The van der Waals surface area contributed by atoms with Crippen molar-refractivity contribution in [3.8, 4) is 0 Å². The average molecular weight is 785 g/mol. The zero-order valence-electron chi connectivity index (χ0n) is 35.1. The zero-order chi connectivity index (χ0) is 40.2. The summed E-state index contributed by atoms with van der Waals surface area (Å²) in [6.07, 6.45) is 38.4. The molecule has 2 unspecified atom stereocenters. The molecule has 0 aliphatic carbocycles. The molecule has 0 spiro atoms. The second-order valence-corrected chi connectivity index (χ2v) is 16.9. The van der Waals surface area contributed by atoms with Crippen molar-refractivity contribution < 1.29 is 42.4 Å². The number of Topliss-reactive ketones (excluding diaryl/α,β-unsaturated/α-hetero) is 1. The summed E-state index contributed by atoms with van der Waals surface area (Å²) in [5.41, 5.74) is 0. The van der Waals surface area contributed by atoms with Crippen LogP contribution in [0.15, 0.2) is 48.6 Å². The summed E-state index contributed by atoms with van der Waals surface area (Å²) in [6.45, 7) is 4.04. The molecule has 0 aromatic rings. The first-order valence-corrected chi connectivity index (χ1v) is 22.8. The molecule has 10 heteroatoms. The Labute approximate surface area is 330 Å². The lowest BCUT2D eigenvalue weighted by Gasteiger charge is -2.27. The molecule has 0 aromatic heterocycles. The molecule has 54 heavy (non-hydrogen) atoms. The number of likely N-dealkylation sites (N-methyl/N-ethyl adjacent to an activating group) is 1. The van der Waals surface area contributed by atoms with E-state index in [2.05, 4.69) is 50.3 Å². The Bertz CT molecular complexity index is 1080. The van der Waals surface area contributed by atoms with E-state index in [9.17, 15) is 24.2 Å². The number of allylic oxidation sites excluding steroid dienone is 8. The van der Waals surface area contributed by atoms with Crippen LogP contribution < -0.4 is 0 Å². The van der Waals surface area contributed by atoms with E-state index in [1.54, 1.807) is 0 Å². The Hall–Kier alpha value is -1.87. The molecule has 314 valence electrons. The minimum Gasteiger partial charge on any atom is -0.451 e. The topological polar surface area (TPSA) is 119 Å². The van der Waals surface area contributed by atoms with Crippen LogP contribution in [0.5, 0.6) is 0 Å². The first-order chi connectivity index (χ1) is 26.0. The van der Waals surface area contributed by atoms with Crippen molar-refractivity contribution in [1.82, 2.24) is 0 Å². The monoisotopic (exact) mass is 785 g/mol. The normalized spacial score (nSPS) is 14.8. The van der Waals surface area contributed by atoms with E-state index in [0.717, 1.165) is 44.9 Å². The molecular formula is C44H81NO8P+. The summed E-state index contributed by atoms with van der Waals surface area (Å²) in [7, 11) is 1.09. The smallest absolute Gasteiger partial charge is 0.451 e. The average Bonchev–Trinajstić information content (AvgIpc) is 3.12. The van der Waals surface area contributed by atoms with Crippen molar-refractivity contribution in [1.29, 1.82) is 0 Å². The Morgan fingerprint density at radius 2 is 1.15 bits per heavy atom. The van der Waals surface area contributed by atoms with Gasteiger partial charge in [-0.15, -0.1) is 0 Å². The number of unbranched alkanes of at least 4 members (excludes halogenated alkanes) is 16. The number of carbonyl (C=O) groups is 2. The lowest BCUT2D eigenvalue weighted by Crippen LogP contribution is -2.42. The number of carbonyl (C=O) groups excluding carboxylic acids is 2. The summed E-state index contributed by atoms with van der Waals surface area (Å²) in [5, 5.41) is 10.1. The lowest BCUT2D eigenvalue weighted by atomic mass is 10.0. The summed E-state index contributed by atoms with van der Waals surface area (Å²) in [4.78, 5) is 36.6. The fourth-order valence-electron chi connectivity index (χ4n) is 5.75. The van der Waals surface area contributed by atoms with Crippen molar-refractivity contribution >= 4 is 19.6 Å². The number of aliphatic hydroxyl groups is 1. The number of phosphoric acid groups is 1. The third kappa shape index (κ3) is 34.6. The number of quaternary nitrogens is 1. The van der Waals surface area contributed by atoms with E-state index in [4.69, 9.17) is 13.8 Å². The molecule has 0 radical (unpaired) electrons. The van der Waals surface area contributed by atoms with Gasteiger partial charge in [0.2, 0.25) is 0 Å². The van der Waals surface area contributed by atoms with Gasteiger partial charge in [-0.1, -0.05) is 152 Å². The minimum absolute atomic E-state index is 0.0622. The van der Waals surface area contributed by atoms with E-state index in [-0.39, 0.29) is 19.4 Å². The maximum atomic E-state index is 13.3. The summed E-state index contributed by atoms with van der Waals surface area (Å²) in [5.74, 6) is -1.05. The molecule has 0 saturated heterocycles. The number of ketones is 1. The summed E-state index contributed by atoms with van der Waals surface area (Å²) >= 11 is 0. The van der Waals surface area contributed by atoms with Gasteiger partial charge in [0.15, 0.2) is 11.9 Å². The van der Waals surface area contributed by atoms with E-state index in [1.807, 2.05) is 33.3 Å². The number of hydrogen-bond acceptors (Lipinski definition) is 7. The molecule has 3 atom stereocenters. The molecule has 9 nitrogen and oxygen atoms in total. The molecule has 0 aromatic carbocycles. The minimum atomic E-state index is -4.64. The van der Waals surface area contributed by atoms with Gasteiger partial charge in [0.05, 0.1) is 27.7 Å². The molecule has 0 bridgehead atoms. The van der Waals surface area contributed by atoms with Crippen LogP contribution in [0.1, 0.15) is 168 Å². The largest absolute Gasteiger partial charge is 0.472 e. The number of rotatable bonds is 38. The second-order valence-electron chi connectivity index (χ2n) is 15.5. The van der Waals surface area contributed by atoms with Gasteiger partial charge in [-0.05, 0) is 51.4 Å². The highest BCUT2D eigenvalue weighted by Crippen LogP contribution is 2.45. The van der Waals surface area contributed by atoms with Crippen LogP contribution in [-0.4, -0.2) is 79.3 Å². The lowest BCUT2D eigenvalue weighted by molar-refractivity contribution is -0.870. The first-order valence-electron chi connectivity index (χ1n) is 21.3. The van der Waals surface area contributed by atoms with Crippen LogP contribution in [0.25, 0.3) is 0 Å². The van der Waals surface area contributed by atoms with Gasteiger partial charge < -0.3 is 19.2 Å². The van der Waals surface area contributed by atoms with Crippen molar-refractivity contribution in [3.63, 3.8) is 0 Å². The van der Waals surface area contributed by atoms with Crippen molar-refractivity contribution in [2.75, 3.05) is 40.9 Å². The van der Waals surface area contributed by atoms with Gasteiger partial charge in [-0.25, -0.2) is 4.57 Å². The number of esters is 1. The first kappa shape index (κ1) is 52.1. The van der Waals surface area contributed by atoms with Gasteiger partial charge in [0.1, 0.15) is 19.3 Å². The number of ether oxygens (including phenoxy) is 1. The van der Waals surface area contributed by atoms with E-state index in [1.165, 1.54) is 77.0 Å². The summed E-state index contributed by atoms with van der Waals surface area (Å²) in [6, 6.07) is 0. The van der Waals surface area contributed by atoms with Gasteiger partial charge in [0.25, 0.3) is 0 Å². The number of nitrogens with zero attached hydrogens (tertiary/aromatic N) is 1. The number of hydrogen-bond donors (Lipinski definition) is 2. The van der Waals surface area contributed by atoms with Crippen LogP contribution in [0.3, 0.4) is 0 Å². The van der Waals surface area contributed by atoms with Gasteiger partial charge in [-0.3, -0.25) is 18.6 Å². The molecular weight excluding hydrogens is 703 g/mol. The third-order valence-electron chi connectivity index (χ3n) is 9.11. The Balaban J connectivity index is 4.82. The highest BCUT2D eigenvalue weighted by Gasteiger charge is 2.38. The Kier molecular flexibility index (Phi) is 34.3. The SMILES string of the molecule is CCCCCC=CCC=CCC=CCC=CCCCC(=O)C(OC(=O)[14CH2]CCCCCCCCCCCCCC)[C@H](CO)OP(=O)(O)OCC[N+](C)(C)C. The van der Waals surface area contributed by atoms with E-state index in [0.29, 0.717) is 30.3 Å². The number of aliphatic hydroxyl groups excluding tert-OH is 1. The molecule has 0 rings (SSSR count). The highest BCUT2D eigenvalue weighted by atomic mass is 31.2. The molecule has 2 N–H and O–H groups in total. The van der Waals surface area contributed by atoms with Crippen LogP contribution >= 0.6 is 7.82 Å². The molecule has 0 amide bonds. The highest BCUT2D eigenvalue weighted by molar-refractivity contribution is 7.47. The Morgan fingerprint density at radius 1 is 0.685 bits per heavy atom. The van der Waals surface area contributed by atoms with Crippen LogP contribution in [0.2, 0.25) is 0 Å². The van der Waals surface area contributed by atoms with Crippen LogP contribution in [0.4, 0.5) is 0 Å². The van der Waals surface area contributed by atoms with Crippen LogP contribution in [0, 0.1) is 0 Å². The maximum absolute atomic E-state index is 13.3. The van der Waals surface area contributed by atoms with Gasteiger partial charge >= 0.3 is 13.8 Å². The molecule has 0 fully saturated rings. The summed E-state index contributed by atoms with van der Waals surface area (Å²) < 4.78 is 29.2. The predicted octanol–water partition coefficient (Wildman–Crippen LogP) is 11.3. The molecule has 0 aliphatic heterocycles. The fraction of sp³-hybridized carbons (Fsp3) is 0.773. The molecule has 0 saturated carbocycles. The fourth-order valence-corrected chi connectivity index (χ4v) is 6.64. The van der Waals surface area contributed by atoms with Crippen LogP contribution in [-0.2, 0) is 27.9 Å². The van der Waals surface area contributed by atoms with E-state index >= 15 is 0 Å². The third-order valence-corrected chi connectivity index (χ3v) is 10.2. The Morgan fingerprint density at radius 3 is 1.65 bits per heavy atom. The maximum Gasteiger partial charge on any atom is 0.472 e. The predicted molar refractivity (Wildman–Crippen MR) is 224 cm³/mol.